The van der Waals surface area contributed by atoms with E-state index >= 15 is 0 Å². The topological polar surface area (TPSA) is 46.6 Å². The summed E-state index contributed by atoms with van der Waals surface area (Å²) >= 11 is 1.67. The number of benzene rings is 1. The van der Waals surface area contributed by atoms with Crippen molar-refractivity contribution in [2.45, 2.75) is 26.4 Å². The van der Waals surface area contributed by atoms with Gasteiger partial charge >= 0.3 is 0 Å². The molecule has 0 fully saturated rings. The Morgan fingerprint density at radius 1 is 1.29 bits per heavy atom. The van der Waals surface area contributed by atoms with Crippen LogP contribution in [-0.2, 0) is 13.1 Å². The number of thiazole rings is 1. The van der Waals surface area contributed by atoms with Crippen molar-refractivity contribution in [2.24, 2.45) is 0 Å². The molecule has 0 bridgehead atoms. The Morgan fingerprint density at radius 2 is 2.14 bits per heavy atom. The van der Waals surface area contributed by atoms with E-state index in [0.29, 0.717) is 0 Å². The number of imidazole rings is 1. The van der Waals surface area contributed by atoms with Gasteiger partial charge in [0.1, 0.15) is 0 Å². The lowest BCUT2D eigenvalue weighted by atomic mass is 10.1. The molecule has 0 atom stereocenters. The van der Waals surface area contributed by atoms with Crippen LogP contribution in [0.2, 0.25) is 0 Å². The molecule has 110 valence electrons. The van der Waals surface area contributed by atoms with Crippen LogP contribution in [0.15, 0.2) is 42.0 Å². The highest BCUT2D eigenvalue weighted by atomic mass is 32.1. The van der Waals surface area contributed by atoms with Crippen molar-refractivity contribution in [3.63, 3.8) is 0 Å². The van der Waals surface area contributed by atoms with Gasteiger partial charge in [-0.3, -0.25) is 9.30 Å². The summed E-state index contributed by atoms with van der Waals surface area (Å²) in [5.41, 5.74) is 9.23. The summed E-state index contributed by atoms with van der Waals surface area (Å²) in [7, 11) is 0. The molecule has 2 aromatic heterocycles. The molecule has 0 aliphatic heterocycles. The van der Waals surface area contributed by atoms with Crippen LogP contribution in [0, 0.1) is 0 Å². The lowest BCUT2D eigenvalue weighted by molar-refractivity contribution is 0.255. The minimum absolute atomic E-state index is 0.858. The van der Waals surface area contributed by atoms with Crippen molar-refractivity contribution >= 4 is 22.0 Å². The largest absolute Gasteiger partial charge is 0.398 e. The third-order valence-electron chi connectivity index (χ3n) is 3.52. The van der Waals surface area contributed by atoms with Crippen LogP contribution in [0.5, 0.6) is 0 Å². The highest BCUT2D eigenvalue weighted by Crippen LogP contribution is 2.17. The molecule has 4 nitrogen and oxygen atoms in total. The Kier molecular flexibility index (Phi) is 4.22. The molecule has 3 aromatic rings. The van der Waals surface area contributed by atoms with Gasteiger partial charge in [0.25, 0.3) is 0 Å². The number of aromatic nitrogens is 2. The van der Waals surface area contributed by atoms with E-state index in [1.807, 2.05) is 18.2 Å². The molecule has 0 unspecified atom stereocenters. The first-order valence-corrected chi connectivity index (χ1v) is 8.11. The maximum atomic E-state index is 6.06. The molecule has 0 radical (unpaired) electrons. The van der Waals surface area contributed by atoms with Crippen molar-refractivity contribution in [3.05, 3.63) is 53.3 Å². The zero-order chi connectivity index (χ0) is 14.7. The number of para-hydroxylation sites is 1. The minimum atomic E-state index is 0.858. The van der Waals surface area contributed by atoms with Gasteiger partial charge in [0.15, 0.2) is 4.96 Å². The first-order chi connectivity index (χ1) is 10.3. The summed E-state index contributed by atoms with van der Waals surface area (Å²) in [6.07, 6.45) is 5.29. The average Bonchev–Trinajstić information content (AvgIpc) is 3.02. The predicted octanol–water partition coefficient (Wildman–Crippen LogP) is 3.39. The molecule has 0 aliphatic carbocycles. The molecule has 2 N–H and O–H groups in total. The van der Waals surface area contributed by atoms with E-state index in [2.05, 4.69) is 45.0 Å². The highest BCUT2D eigenvalue weighted by Gasteiger charge is 2.11. The number of nitrogens with zero attached hydrogens (tertiary/aromatic N) is 3. The first-order valence-electron chi connectivity index (χ1n) is 7.23. The fourth-order valence-electron chi connectivity index (χ4n) is 2.53. The minimum Gasteiger partial charge on any atom is -0.398 e. The normalized spacial score (nSPS) is 11.5. The predicted molar refractivity (Wildman–Crippen MR) is 88.3 cm³/mol. The quantitative estimate of drug-likeness (QED) is 0.710. The second kappa shape index (κ2) is 6.28. The molecule has 0 amide bonds. The van der Waals surface area contributed by atoms with Crippen molar-refractivity contribution in [2.75, 3.05) is 12.3 Å². The monoisotopic (exact) mass is 300 g/mol. The number of fused-ring (bicyclic) bond motifs is 1. The number of nitrogen functional groups attached to an aromatic ring is 1. The van der Waals surface area contributed by atoms with E-state index in [4.69, 9.17) is 5.73 Å². The van der Waals surface area contributed by atoms with Gasteiger partial charge in [-0.05, 0) is 24.6 Å². The SMILES string of the molecule is CCCN(Cc1cn2ccsc2n1)Cc1ccccc1N. The maximum Gasteiger partial charge on any atom is 0.193 e. The van der Waals surface area contributed by atoms with Crippen LogP contribution in [0.3, 0.4) is 0 Å². The molecule has 21 heavy (non-hydrogen) atoms. The molecule has 0 saturated heterocycles. The first kappa shape index (κ1) is 14.1. The molecular weight excluding hydrogens is 280 g/mol. The van der Waals surface area contributed by atoms with Crippen LogP contribution in [0.25, 0.3) is 4.96 Å². The summed E-state index contributed by atoms with van der Waals surface area (Å²) in [6.45, 7) is 4.97. The van der Waals surface area contributed by atoms with Crippen molar-refractivity contribution < 1.29 is 0 Å². The Balaban J connectivity index is 1.75. The molecule has 5 heteroatoms. The molecule has 0 spiro atoms. The van der Waals surface area contributed by atoms with E-state index in [0.717, 1.165) is 42.4 Å². The van der Waals surface area contributed by atoms with Gasteiger partial charge in [-0.25, -0.2) is 4.98 Å². The summed E-state index contributed by atoms with van der Waals surface area (Å²) < 4.78 is 2.08. The van der Waals surface area contributed by atoms with Gasteiger partial charge < -0.3 is 5.73 Å². The highest BCUT2D eigenvalue weighted by molar-refractivity contribution is 7.15. The van der Waals surface area contributed by atoms with Crippen LogP contribution < -0.4 is 5.73 Å². The van der Waals surface area contributed by atoms with Crippen LogP contribution in [0.1, 0.15) is 24.6 Å². The second-order valence-electron chi connectivity index (χ2n) is 5.23. The van der Waals surface area contributed by atoms with Gasteiger partial charge in [-0.1, -0.05) is 25.1 Å². The molecule has 0 saturated carbocycles. The van der Waals surface area contributed by atoms with Crippen LogP contribution in [0.4, 0.5) is 5.69 Å². The Hall–Kier alpha value is -1.85. The van der Waals surface area contributed by atoms with Gasteiger partial charge in [0.2, 0.25) is 0 Å². The summed E-state index contributed by atoms with van der Waals surface area (Å²) in [5, 5.41) is 2.06. The zero-order valence-electron chi connectivity index (χ0n) is 12.2. The van der Waals surface area contributed by atoms with E-state index < -0.39 is 0 Å². The standard InChI is InChI=1S/C16H20N4S/c1-2-7-19(10-13-5-3-4-6-15(13)17)11-14-12-20-8-9-21-16(20)18-14/h3-6,8-9,12H,2,7,10-11,17H2,1H3. The molecular formula is C16H20N4S. The molecule has 2 heterocycles. The summed E-state index contributed by atoms with van der Waals surface area (Å²) in [6, 6.07) is 8.09. The summed E-state index contributed by atoms with van der Waals surface area (Å²) in [4.78, 5) is 8.12. The maximum absolute atomic E-state index is 6.06. The summed E-state index contributed by atoms with van der Waals surface area (Å²) in [5.74, 6) is 0. The molecule has 3 rings (SSSR count). The number of rotatable bonds is 6. The Morgan fingerprint density at radius 3 is 2.90 bits per heavy atom. The van der Waals surface area contributed by atoms with Crippen LogP contribution >= 0.6 is 11.3 Å². The lowest BCUT2D eigenvalue weighted by Gasteiger charge is -2.21. The van der Waals surface area contributed by atoms with Gasteiger partial charge in [0.05, 0.1) is 5.69 Å². The van der Waals surface area contributed by atoms with Crippen molar-refractivity contribution in [1.82, 2.24) is 14.3 Å². The number of hydrogen-bond donors (Lipinski definition) is 1. The van der Waals surface area contributed by atoms with Crippen molar-refractivity contribution in [3.8, 4) is 0 Å². The lowest BCUT2D eigenvalue weighted by Crippen LogP contribution is -2.24. The number of hydrogen-bond acceptors (Lipinski definition) is 4. The third kappa shape index (κ3) is 3.25. The van der Waals surface area contributed by atoms with E-state index in [9.17, 15) is 0 Å². The number of nitrogens with two attached hydrogens (primary N) is 1. The second-order valence-corrected chi connectivity index (χ2v) is 6.11. The van der Waals surface area contributed by atoms with E-state index in [1.165, 1.54) is 5.56 Å². The van der Waals surface area contributed by atoms with Gasteiger partial charge in [0, 0.05) is 36.6 Å². The smallest absolute Gasteiger partial charge is 0.193 e. The van der Waals surface area contributed by atoms with Crippen LogP contribution in [-0.4, -0.2) is 20.8 Å². The average molecular weight is 300 g/mol. The van der Waals surface area contributed by atoms with Crippen molar-refractivity contribution in [1.29, 1.82) is 0 Å². The molecule has 1 aromatic carbocycles. The van der Waals surface area contributed by atoms with E-state index in [1.54, 1.807) is 11.3 Å². The van der Waals surface area contributed by atoms with Gasteiger partial charge in [-0.2, -0.15) is 0 Å². The fraction of sp³-hybridized carbons (Fsp3) is 0.312. The Labute approximate surface area is 128 Å². The van der Waals surface area contributed by atoms with E-state index in [-0.39, 0.29) is 0 Å². The fourth-order valence-corrected chi connectivity index (χ4v) is 3.25. The zero-order valence-corrected chi connectivity index (χ0v) is 13.0. The number of anilines is 1. The molecule has 0 aliphatic rings. The van der Waals surface area contributed by atoms with Gasteiger partial charge in [-0.15, -0.1) is 11.3 Å². The Bertz CT molecular complexity index is 687. The third-order valence-corrected chi connectivity index (χ3v) is 4.29.